The lowest BCUT2D eigenvalue weighted by atomic mass is 10.2. The van der Waals surface area contributed by atoms with E-state index in [1.54, 1.807) is 18.2 Å². The van der Waals surface area contributed by atoms with Crippen molar-refractivity contribution in [1.82, 2.24) is 0 Å². The fourth-order valence-electron chi connectivity index (χ4n) is 1.12. The normalized spacial score (nSPS) is 10.7. The molecular weight excluding hydrogens is 231 g/mol. The molecule has 0 saturated carbocycles. The second-order valence-corrected chi connectivity index (χ2v) is 3.50. The Balaban J connectivity index is 2.64. The van der Waals surface area contributed by atoms with Crippen molar-refractivity contribution < 1.29 is 13.9 Å². The standard InChI is InChI=1S/C12H14ClFO2/c1-15-8-5-10-3-4-12(11(14)9-10)16-7-2-6-13/h3-5,8-9H,2,6-7H2,1H3/b8-5+. The van der Waals surface area contributed by atoms with Crippen LogP contribution in [0.25, 0.3) is 6.08 Å². The molecule has 0 N–H and O–H groups in total. The number of methoxy groups -OCH3 is 1. The van der Waals surface area contributed by atoms with Crippen LogP contribution in [0.4, 0.5) is 4.39 Å². The fourth-order valence-corrected chi connectivity index (χ4v) is 1.23. The molecule has 0 heterocycles. The van der Waals surface area contributed by atoms with E-state index in [1.165, 1.54) is 19.4 Å². The average molecular weight is 245 g/mol. The van der Waals surface area contributed by atoms with Crippen LogP contribution in [0.5, 0.6) is 5.75 Å². The van der Waals surface area contributed by atoms with Crippen molar-refractivity contribution in [3.63, 3.8) is 0 Å². The number of benzene rings is 1. The molecule has 0 aliphatic heterocycles. The van der Waals surface area contributed by atoms with Crippen LogP contribution in [0.15, 0.2) is 24.5 Å². The third kappa shape index (κ3) is 4.11. The number of hydrogen-bond acceptors (Lipinski definition) is 2. The highest BCUT2D eigenvalue weighted by atomic mass is 35.5. The fraction of sp³-hybridized carbons (Fsp3) is 0.333. The summed E-state index contributed by atoms with van der Waals surface area (Å²) in [6.07, 6.45) is 3.86. The molecule has 0 spiro atoms. The van der Waals surface area contributed by atoms with E-state index in [4.69, 9.17) is 21.1 Å². The van der Waals surface area contributed by atoms with Gasteiger partial charge in [-0.25, -0.2) is 4.39 Å². The number of alkyl halides is 1. The molecule has 4 heteroatoms. The summed E-state index contributed by atoms with van der Waals surface area (Å²) in [6, 6.07) is 4.75. The number of rotatable bonds is 6. The van der Waals surface area contributed by atoms with Gasteiger partial charge in [0.05, 0.1) is 20.0 Å². The second-order valence-electron chi connectivity index (χ2n) is 3.12. The van der Waals surface area contributed by atoms with Crippen LogP contribution >= 0.6 is 11.6 Å². The molecule has 0 amide bonds. The third-order valence-corrected chi connectivity index (χ3v) is 2.16. The molecule has 0 aliphatic carbocycles. The van der Waals surface area contributed by atoms with Gasteiger partial charge < -0.3 is 9.47 Å². The molecule has 0 aliphatic rings. The Labute approximate surface area is 99.6 Å². The van der Waals surface area contributed by atoms with Crippen molar-refractivity contribution in [2.45, 2.75) is 6.42 Å². The van der Waals surface area contributed by atoms with Gasteiger partial charge in [-0.3, -0.25) is 0 Å². The molecular formula is C12H14ClFO2. The van der Waals surface area contributed by atoms with Crippen molar-refractivity contribution in [2.24, 2.45) is 0 Å². The van der Waals surface area contributed by atoms with Gasteiger partial charge >= 0.3 is 0 Å². The maximum atomic E-state index is 13.5. The maximum absolute atomic E-state index is 13.5. The lowest BCUT2D eigenvalue weighted by Gasteiger charge is -2.06. The highest BCUT2D eigenvalue weighted by molar-refractivity contribution is 6.17. The largest absolute Gasteiger partial charge is 0.504 e. The van der Waals surface area contributed by atoms with Gasteiger partial charge in [0.2, 0.25) is 0 Å². The summed E-state index contributed by atoms with van der Waals surface area (Å²) in [5, 5.41) is 0. The van der Waals surface area contributed by atoms with Crippen molar-refractivity contribution in [2.75, 3.05) is 19.6 Å². The smallest absolute Gasteiger partial charge is 0.165 e. The highest BCUT2D eigenvalue weighted by Crippen LogP contribution is 2.19. The van der Waals surface area contributed by atoms with Crippen LogP contribution in [-0.4, -0.2) is 19.6 Å². The van der Waals surface area contributed by atoms with Gasteiger partial charge in [0.15, 0.2) is 11.6 Å². The van der Waals surface area contributed by atoms with Crippen molar-refractivity contribution in [1.29, 1.82) is 0 Å². The first-order chi connectivity index (χ1) is 7.77. The average Bonchev–Trinajstić information content (AvgIpc) is 2.29. The van der Waals surface area contributed by atoms with Gasteiger partial charge in [-0.1, -0.05) is 6.07 Å². The van der Waals surface area contributed by atoms with E-state index in [1.807, 2.05) is 0 Å². The molecule has 0 unspecified atom stereocenters. The van der Waals surface area contributed by atoms with Crippen LogP contribution in [0, 0.1) is 5.82 Å². The molecule has 0 bridgehead atoms. The predicted octanol–water partition coefficient (Wildman–Crippen LogP) is 3.45. The minimum atomic E-state index is -0.382. The topological polar surface area (TPSA) is 18.5 Å². The molecule has 1 rings (SSSR count). The molecule has 0 aromatic heterocycles. The first kappa shape index (κ1) is 12.8. The van der Waals surface area contributed by atoms with Crippen LogP contribution in [0.2, 0.25) is 0 Å². The molecule has 2 nitrogen and oxygen atoms in total. The lowest BCUT2D eigenvalue weighted by molar-refractivity contribution is 0.302. The minimum absolute atomic E-state index is 0.250. The van der Waals surface area contributed by atoms with Gasteiger partial charge in [-0.2, -0.15) is 0 Å². The zero-order valence-corrected chi connectivity index (χ0v) is 9.84. The summed E-state index contributed by atoms with van der Waals surface area (Å²) in [5.41, 5.74) is 0.726. The van der Waals surface area contributed by atoms with Gasteiger partial charge in [-0.15, -0.1) is 11.6 Å². The van der Waals surface area contributed by atoms with E-state index in [0.717, 1.165) is 5.56 Å². The van der Waals surface area contributed by atoms with E-state index >= 15 is 0 Å². The van der Waals surface area contributed by atoms with Crippen molar-refractivity contribution in [3.8, 4) is 5.75 Å². The van der Waals surface area contributed by atoms with E-state index in [9.17, 15) is 4.39 Å². The van der Waals surface area contributed by atoms with E-state index in [0.29, 0.717) is 18.9 Å². The minimum Gasteiger partial charge on any atom is -0.504 e. The highest BCUT2D eigenvalue weighted by Gasteiger charge is 2.03. The molecule has 16 heavy (non-hydrogen) atoms. The van der Waals surface area contributed by atoms with Crippen LogP contribution in [-0.2, 0) is 4.74 Å². The van der Waals surface area contributed by atoms with Gasteiger partial charge in [0.1, 0.15) is 0 Å². The summed E-state index contributed by atoms with van der Waals surface area (Å²) in [4.78, 5) is 0. The summed E-state index contributed by atoms with van der Waals surface area (Å²) < 4.78 is 23.4. The Hall–Kier alpha value is -1.22. The Bertz CT molecular complexity index is 353. The Morgan fingerprint density at radius 2 is 2.25 bits per heavy atom. The molecule has 1 aromatic rings. The molecule has 1 aromatic carbocycles. The van der Waals surface area contributed by atoms with Crippen molar-refractivity contribution in [3.05, 3.63) is 35.8 Å². The van der Waals surface area contributed by atoms with Gasteiger partial charge in [-0.05, 0) is 30.2 Å². The molecule has 0 saturated heterocycles. The molecule has 0 radical (unpaired) electrons. The first-order valence-corrected chi connectivity index (χ1v) is 5.49. The maximum Gasteiger partial charge on any atom is 0.165 e. The monoisotopic (exact) mass is 244 g/mol. The number of ether oxygens (including phenoxy) is 2. The van der Waals surface area contributed by atoms with E-state index < -0.39 is 0 Å². The zero-order valence-electron chi connectivity index (χ0n) is 9.08. The lowest BCUT2D eigenvalue weighted by Crippen LogP contribution is -1.99. The summed E-state index contributed by atoms with van der Waals surface area (Å²) >= 11 is 5.49. The predicted molar refractivity (Wildman–Crippen MR) is 63.3 cm³/mol. The quantitative estimate of drug-likeness (QED) is 0.434. The Kier molecular flexibility index (Phi) is 5.72. The molecule has 0 fully saturated rings. The van der Waals surface area contributed by atoms with E-state index in [-0.39, 0.29) is 11.6 Å². The summed E-state index contributed by atoms with van der Waals surface area (Å²) in [7, 11) is 1.54. The van der Waals surface area contributed by atoms with Crippen molar-refractivity contribution >= 4 is 17.7 Å². The number of halogens is 2. The first-order valence-electron chi connectivity index (χ1n) is 4.95. The van der Waals surface area contributed by atoms with E-state index in [2.05, 4.69) is 0 Å². The number of hydrogen-bond donors (Lipinski definition) is 0. The molecule has 88 valence electrons. The Morgan fingerprint density at radius 3 is 2.88 bits per heavy atom. The van der Waals surface area contributed by atoms with Crippen LogP contribution < -0.4 is 4.74 Å². The third-order valence-electron chi connectivity index (χ3n) is 1.89. The van der Waals surface area contributed by atoms with Gasteiger partial charge in [0, 0.05) is 5.88 Å². The zero-order chi connectivity index (χ0) is 11.8. The SMILES string of the molecule is CO/C=C/c1ccc(OCCCCl)c(F)c1. The van der Waals surface area contributed by atoms with Gasteiger partial charge in [0.25, 0.3) is 0 Å². The molecule has 0 atom stereocenters. The summed E-state index contributed by atoms with van der Waals surface area (Å²) in [6.45, 7) is 0.424. The second kappa shape index (κ2) is 7.12. The summed E-state index contributed by atoms with van der Waals surface area (Å²) in [5.74, 6) is 0.378. The van der Waals surface area contributed by atoms with Crippen LogP contribution in [0.3, 0.4) is 0 Å². The Morgan fingerprint density at radius 1 is 1.44 bits per heavy atom. The van der Waals surface area contributed by atoms with Crippen LogP contribution in [0.1, 0.15) is 12.0 Å².